The van der Waals surface area contributed by atoms with Crippen molar-refractivity contribution in [2.24, 2.45) is 11.8 Å². The van der Waals surface area contributed by atoms with Crippen LogP contribution in [0.25, 0.3) is 0 Å². The van der Waals surface area contributed by atoms with Crippen LogP contribution in [0.3, 0.4) is 0 Å². The van der Waals surface area contributed by atoms with E-state index in [1.54, 1.807) is 21.3 Å². The van der Waals surface area contributed by atoms with E-state index < -0.39 is 12.0 Å². The fraction of sp³-hybridized carbons (Fsp3) is 0.435. The molecule has 1 saturated heterocycles. The van der Waals surface area contributed by atoms with Gasteiger partial charge < -0.3 is 33.5 Å². The molecule has 0 bridgehead atoms. The third-order valence-electron chi connectivity index (χ3n) is 6.47. The highest BCUT2D eigenvalue weighted by molar-refractivity contribution is 5.77. The second kappa shape index (κ2) is 7.53. The van der Waals surface area contributed by atoms with Crippen LogP contribution in [0.15, 0.2) is 24.3 Å². The smallest absolute Gasteiger partial charge is 0.310 e. The SMILES string of the molecule is COc1cc([C@@H]2c3cc4c(cc3[C@H](O)[C@H]3CCOC(=O)[C@H]23)OCO4)cc(OC)c1OC. The third kappa shape index (κ3) is 2.96. The fourth-order valence-electron chi connectivity index (χ4n) is 5.07. The Morgan fingerprint density at radius 2 is 1.55 bits per heavy atom. The van der Waals surface area contributed by atoms with Crippen molar-refractivity contribution < 1.29 is 38.3 Å². The zero-order valence-electron chi connectivity index (χ0n) is 17.5. The average Bonchev–Trinajstić information content (AvgIpc) is 3.25. The number of esters is 1. The first-order chi connectivity index (χ1) is 15.1. The minimum absolute atomic E-state index is 0.123. The molecule has 164 valence electrons. The first kappa shape index (κ1) is 19.8. The van der Waals surface area contributed by atoms with Gasteiger partial charge in [0.05, 0.1) is 40.0 Å². The first-order valence-corrected chi connectivity index (χ1v) is 10.2. The Kier molecular flexibility index (Phi) is 4.81. The summed E-state index contributed by atoms with van der Waals surface area (Å²) >= 11 is 0. The van der Waals surface area contributed by atoms with Gasteiger partial charge in [-0.25, -0.2) is 0 Å². The van der Waals surface area contributed by atoms with E-state index in [0.29, 0.717) is 41.8 Å². The van der Waals surface area contributed by atoms with Gasteiger partial charge in [0.1, 0.15) is 0 Å². The third-order valence-corrected chi connectivity index (χ3v) is 6.47. The predicted molar refractivity (Wildman–Crippen MR) is 108 cm³/mol. The molecule has 2 heterocycles. The van der Waals surface area contributed by atoms with Gasteiger partial charge in [-0.05, 0) is 47.4 Å². The van der Waals surface area contributed by atoms with E-state index in [4.69, 9.17) is 28.4 Å². The quantitative estimate of drug-likeness (QED) is 0.744. The molecule has 2 aromatic carbocycles. The number of methoxy groups -OCH3 is 3. The number of aliphatic hydroxyl groups excluding tert-OH is 1. The van der Waals surface area contributed by atoms with Gasteiger partial charge in [-0.1, -0.05) is 0 Å². The molecule has 5 rings (SSSR count). The lowest BCUT2D eigenvalue weighted by molar-refractivity contribution is -0.162. The number of benzene rings is 2. The summed E-state index contributed by atoms with van der Waals surface area (Å²) < 4.78 is 33.1. The molecule has 3 aliphatic rings. The summed E-state index contributed by atoms with van der Waals surface area (Å²) in [5, 5.41) is 11.2. The van der Waals surface area contributed by atoms with Crippen molar-refractivity contribution in [3.63, 3.8) is 0 Å². The molecular weight excluding hydrogens is 404 g/mol. The van der Waals surface area contributed by atoms with Gasteiger partial charge in [-0.15, -0.1) is 0 Å². The Hall–Kier alpha value is -3.13. The molecular formula is C23H24O8. The molecule has 31 heavy (non-hydrogen) atoms. The normalized spacial score (nSPS) is 25.9. The van der Waals surface area contributed by atoms with E-state index in [0.717, 1.165) is 16.7 Å². The van der Waals surface area contributed by atoms with Crippen LogP contribution >= 0.6 is 0 Å². The number of hydrogen-bond donors (Lipinski definition) is 1. The Bertz CT molecular complexity index is 1010. The number of carbonyl (C=O) groups is 1. The molecule has 1 fully saturated rings. The van der Waals surface area contributed by atoms with Crippen LogP contribution in [-0.4, -0.2) is 45.8 Å². The Labute approximate surface area is 179 Å². The fourth-order valence-corrected chi connectivity index (χ4v) is 5.07. The number of fused-ring (bicyclic) bond motifs is 3. The number of carbonyl (C=O) groups excluding carboxylic acids is 1. The van der Waals surface area contributed by atoms with Gasteiger partial charge in [0.2, 0.25) is 12.5 Å². The lowest BCUT2D eigenvalue weighted by atomic mass is 9.63. The number of cyclic esters (lactones) is 1. The van der Waals surface area contributed by atoms with Crippen molar-refractivity contribution in [2.45, 2.75) is 18.4 Å². The molecule has 0 amide bonds. The Morgan fingerprint density at radius 3 is 2.16 bits per heavy atom. The van der Waals surface area contributed by atoms with Crippen molar-refractivity contribution >= 4 is 5.97 Å². The van der Waals surface area contributed by atoms with Crippen molar-refractivity contribution in [3.05, 3.63) is 41.0 Å². The maximum atomic E-state index is 13.0. The van der Waals surface area contributed by atoms with Crippen LogP contribution in [0.1, 0.15) is 35.1 Å². The topological polar surface area (TPSA) is 92.7 Å². The first-order valence-electron chi connectivity index (χ1n) is 10.2. The van der Waals surface area contributed by atoms with Crippen LogP contribution in [0.5, 0.6) is 28.7 Å². The van der Waals surface area contributed by atoms with Crippen LogP contribution in [0.4, 0.5) is 0 Å². The zero-order valence-corrected chi connectivity index (χ0v) is 17.5. The number of ether oxygens (including phenoxy) is 6. The summed E-state index contributed by atoms with van der Waals surface area (Å²) in [7, 11) is 4.65. The minimum Gasteiger partial charge on any atom is -0.493 e. The van der Waals surface area contributed by atoms with Crippen molar-refractivity contribution in [2.75, 3.05) is 34.7 Å². The van der Waals surface area contributed by atoms with Gasteiger partial charge in [-0.3, -0.25) is 4.79 Å². The van der Waals surface area contributed by atoms with Crippen LogP contribution in [0.2, 0.25) is 0 Å². The summed E-state index contributed by atoms with van der Waals surface area (Å²) in [4.78, 5) is 13.0. The van der Waals surface area contributed by atoms with Crippen molar-refractivity contribution in [1.29, 1.82) is 0 Å². The van der Waals surface area contributed by atoms with E-state index >= 15 is 0 Å². The monoisotopic (exact) mass is 428 g/mol. The molecule has 0 radical (unpaired) electrons. The molecule has 0 spiro atoms. The van der Waals surface area contributed by atoms with Crippen LogP contribution in [0, 0.1) is 11.8 Å². The van der Waals surface area contributed by atoms with E-state index in [9.17, 15) is 9.90 Å². The van der Waals surface area contributed by atoms with Gasteiger partial charge in [0.25, 0.3) is 0 Å². The van der Waals surface area contributed by atoms with E-state index in [1.807, 2.05) is 24.3 Å². The summed E-state index contributed by atoms with van der Waals surface area (Å²) in [6.07, 6.45) is -0.229. The Balaban J connectivity index is 1.75. The summed E-state index contributed by atoms with van der Waals surface area (Å²) in [5.74, 6) is 1.09. The number of hydrogen-bond acceptors (Lipinski definition) is 8. The minimum atomic E-state index is -0.805. The summed E-state index contributed by atoms with van der Waals surface area (Å²) in [6, 6.07) is 7.37. The number of rotatable bonds is 4. The lowest BCUT2D eigenvalue weighted by Gasteiger charge is -2.43. The summed E-state index contributed by atoms with van der Waals surface area (Å²) in [5.41, 5.74) is 2.33. The van der Waals surface area contributed by atoms with E-state index in [-0.39, 0.29) is 24.6 Å². The predicted octanol–water partition coefficient (Wildman–Crippen LogP) is 2.80. The second-order valence-electron chi connectivity index (χ2n) is 7.86. The van der Waals surface area contributed by atoms with Crippen molar-refractivity contribution in [1.82, 2.24) is 0 Å². The van der Waals surface area contributed by atoms with Gasteiger partial charge in [0, 0.05) is 11.8 Å². The van der Waals surface area contributed by atoms with Gasteiger partial charge in [0.15, 0.2) is 23.0 Å². The highest BCUT2D eigenvalue weighted by Crippen LogP contribution is 2.55. The van der Waals surface area contributed by atoms with Crippen molar-refractivity contribution in [3.8, 4) is 28.7 Å². The second-order valence-corrected chi connectivity index (χ2v) is 7.86. The molecule has 4 atom stereocenters. The van der Waals surface area contributed by atoms with Gasteiger partial charge >= 0.3 is 5.97 Å². The Morgan fingerprint density at radius 1 is 0.903 bits per heavy atom. The molecule has 1 aliphatic carbocycles. The maximum Gasteiger partial charge on any atom is 0.310 e. The number of aliphatic hydroxyl groups is 1. The maximum absolute atomic E-state index is 13.0. The molecule has 2 aliphatic heterocycles. The molecule has 0 aromatic heterocycles. The highest BCUT2D eigenvalue weighted by Gasteiger charge is 2.50. The molecule has 0 unspecified atom stereocenters. The van der Waals surface area contributed by atoms with Gasteiger partial charge in [-0.2, -0.15) is 0 Å². The summed E-state index contributed by atoms with van der Waals surface area (Å²) in [6.45, 7) is 0.414. The largest absolute Gasteiger partial charge is 0.493 e. The molecule has 8 heteroatoms. The molecule has 2 aromatic rings. The van der Waals surface area contributed by atoms with Crippen LogP contribution in [-0.2, 0) is 9.53 Å². The van der Waals surface area contributed by atoms with E-state index in [1.165, 1.54) is 0 Å². The highest BCUT2D eigenvalue weighted by atomic mass is 16.7. The standard InChI is InChI=1S/C23H24O8/c1-26-17-6-11(7-18(27-2)22(17)28-3)19-13-8-15-16(31-10-30-15)9-14(13)21(24)12-4-5-29-23(25)20(12)19/h6-9,12,19-21,24H,4-5,10H2,1-3H3/t12-,19+,20-,21+/m0/s1. The van der Waals surface area contributed by atoms with Crippen LogP contribution < -0.4 is 23.7 Å². The molecule has 8 nitrogen and oxygen atoms in total. The molecule has 0 saturated carbocycles. The molecule has 1 N–H and O–H groups in total. The van der Waals surface area contributed by atoms with E-state index in [2.05, 4.69) is 0 Å². The zero-order chi connectivity index (χ0) is 21.7. The lowest BCUT2D eigenvalue weighted by Crippen LogP contribution is -2.43. The average molecular weight is 428 g/mol.